The zero-order valence-electron chi connectivity index (χ0n) is 11.6. The minimum Gasteiger partial charge on any atom is -0.399 e. The summed E-state index contributed by atoms with van der Waals surface area (Å²) >= 11 is 0. The van der Waals surface area contributed by atoms with E-state index in [2.05, 4.69) is 38.7 Å². The lowest BCUT2D eigenvalue weighted by Gasteiger charge is -2.32. The van der Waals surface area contributed by atoms with Gasteiger partial charge >= 0.3 is 7.12 Å². The molecule has 2 aliphatic heterocycles. The Morgan fingerprint density at radius 1 is 1.28 bits per heavy atom. The van der Waals surface area contributed by atoms with Crippen LogP contribution in [0.2, 0.25) is 0 Å². The topological polar surface area (TPSA) is 41.9 Å². The van der Waals surface area contributed by atoms with Gasteiger partial charge in [-0.15, -0.1) is 0 Å². The molecule has 0 unspecified atom stereocenters. The van der Waals surface area contributed by atoms with Crippen LogP contribution in [0, 0.1) is 0 Å². The van der Waals surface area contributed by atoms with Gasteiger partial charge in [0.1, 0.15) is 0 Å². The summed E-state index contributed by atoms with van der Waals surface area (Å²) in [6.07, 6.45) is 6.08. The first-order valence-corrected chi connectivity index (χ1v) is 6.44. The van der Waals surface area contributed by atoms with Gasteiger partial charge in [-0.3, -0.25) is 0 Å². The van der Waals surface area contributed by atoms with Crippen molar-refractivity contribution >= 4 is 7.12 Å². The van der Waals surface area contributed by atoms with Crippen molar-refractivity contribution in [3.63, 3.8) is 0 Å². The van der Waals surface area contributed by atoms with Crippen molar-refractivity contribution in [1.82, 2.24) is 4.90 Å². The molecule has 18 heavy (non-hydrogen) atoms. The van der Waals surface area contributed by atoms with E-state index in [4.69, 9.17) is 14.4 Å². The quantitative estimate of drug-likeness (QED) is 0.769. The minimum atomic E-state index is -0.297. The highest BCUT2D eigenvalue weighted by Crippen LogP contribution is 2.38. The van der Waals surface area contributed by atoms with Gasteiger partial charge in [0.15, 0.2) is 0 Å². The van der Waals surface area contributed by atoms with Crippen LogP contribution in [-0.2, 0) is 9.31 Å². The van der Waals surface area contributed by atoms with Crippen molar-refractivity contribution in [2.24, 2.45) is 0 Å². The second-order valence-corrected chi connectivity index (χ2v) is 5.83. The number of aliphatic hydroxyl groups excluding tert-OH is 1. The minimum absolute atomic E-state index is 0.171. The van der Waals surface area contributed by atoms with Gasteiger partial charge in [-0.1, -0.05) is 6.08 Å². The van der Waals surface area contributed by atoms with Gasteiger partial charge in [0, 0.05) is 13.1 Å². The maximum Gasteiger partial charge on any atom is 0.494 e. The summed E-state index contributed by atoms with van der Waals surface area (Å²) < 4.78 is 12.0. The van der Waals surface area contributed by atoms with Crippen LogP contribution in [0.4, 0.5) is 0 Å². The molecule has 0 radical (unpaired) electrons. The molecule has 0 spiro atoms. The van der Waals surface area contributed by atoms with Crippen molar-refractivity contribution in [3.8, 4) is 0 Å². The highest BCUT2D eigenvalue weighted by molar-refractivity contribution is 6.55. The molecule has 0 bridgehead atoms. The molecule has 5 heteroatoms. The first kappa shape index (κ1) is 13.7. The smallest absolute Gasteiger partial charge is 0.399 e. The monoisotopic (exact) mass is 251 g/mol. The molecule has 0 aliphatic carbocycles. The van der Waals surface area contributed by atoms with Gasteiger partial charge in [-0.25, -0.2) is 0 Å². The lowest BCUT2D eigenvalue weighted by atomic mass is 9.77. The van der Waals surface area contributed by atoms with Crippen LogP contribution in [0.3, 0.4) is 0 Å². The third kappa shape index (κ3) is 2.48. The molecule has 2 heterocycles. The molecule has 1 saturated heterocycles. The van der Waals surface area contributed by atoms with Crippen molar-refractivity contribution in [2.75, 3.05) is 19.7 Å². The fourth-order valence-corrected chi connectivity index (χ4v) is 1.99. The average molecular weight is 251 g/mol. The number of rotatable bonds is 3. The van der Waals surface area contributed by atoms with Crippen LogP contribution in [0.25, 0.3) is 0 Å². The molecule has 0 atom stereocenters. The largest absolute Gasteiger partial charge is 0.494 e. The van der Waals surface area contributed by atoms with Gasteiger partial charge in [-0.05, 0) is 45.4 Å². The molecule has 100 valence electrons. The predicted molar refractivity (Wildman–Crippen MR) is 72.0 cm³/mol. The summed E-state index contributed by atoms with van der Waals surface area (Å²) in [7, 11) is -0.289. The molecule has 0 aromatic rings. The van der Waals surface area contributed by atoms with E-state index in [1.807, 2.05) is 12.3 Å². The standard InChI is InChI=1S/C13H22BNO3/c1-12(2)13(3,4)18-14(17-12)11-5-7-15(8-6-11)9-10-16/h5-7,16H,8-10H2,1-4H3. The summed E-state index contributed by atoms with van der Waals surface area (Å²) in [4.78, 5) is 2.05. The Labute approximate surface area is 109 Å². The van der Waals surface area contributed by atoms with E-state index in [1.54, 1.807) is 0 Å². The predicted octanol–water partition coefficient (Wildman–Crippen LogP) is 1.37. The average Bonchev–Trinajstić information content (AvgIpc) is 2.50. The molecule has 2 aliphatic rings. The Morgan fingerprint density at radius 3 is 2.33 bits per heavy atom. The Kier molecular flexibility index (Phi) is 3.58. The van der Waals surface area contributed by atoms with Crippen LogP contribution in [0.15, 0.2) is 23.8 Å². The highest BCUT2D eigenvalue weighted by atomic mass is 16.7. The number of nitrogens with zero attached hydrogens (tertiary/aromatic N) is 1. The van der Waals surface area contributed by atoms with Crippen LogP contribution < -0.4 is 0 Å². The van der Waals surface area contributed by atoms with Crippen LogP contribution in [0.1, 0.15) is 27.7 Å². The van der Waals surface area contributed by atoms with Crippen molar-refractivity contribution in [1.29, 1.82) is 0 Å². The Morgan fingerprint density at radius 2 is 1.89 bits per heavy atom. The van der Waals surface area contributed by atoms with E-state index < -0.39 is 0 Å². The molecular weight excluding hydrogens is 229 g/mol. The molecule has 4 nitrogen and oxygen atoms in total. The van der Waals surface area contributed by atoms with E-state index >= 15 is 0 Å². The van der Waals surface area contributed by atoms with Gasteiger partial charge in [0.05, 0.1) is 17.8 Å². The Bertz CT molecular complexity index is 360. The fourth-order valence-electron chi connectivity index (χ4n) is 1.99. The summed E-state index contributed by atoms with van der Waals surface area (Å²) in [5.74, 6) is 0. The van der Waals surface area contributed by atoms with Crippen molar-refractivity contribution in [2.45, 2.75) is 38.9 Å². The van der Waals surface area contributed by atoms with Crippen LogP contribution in [0.5, 0.6) is 0 Å². The van der Waals surface area contributed by atoms with E-state index in [0.29, 0.717) is 6.54 Å². The molecule has 0 amide bonds. The third-order valence-electron chi connectivity index (χ3n) is 3.95. The van der Waals surface area contributed by atoms with Gasteiger partial charge in [-0.2, -0.15) is 0 Å². The number of β-amino-alcohol motifs (C(OH)–C–C–N with tert-alkyl or cyclic N) is 1. The second kappa shape index (κ2) is 4.72. The molecule has 0 aromatic heterocycles. The first-order valence-electron chi connectivity index (χ1n) is 6.44. The summed E-state index contributed by atoms with van der Waals surface area (Å²) in [6, 6.07) is 0. The highest BCUT2D eigenvalue weighted by Gasteiger charge is 2.52. The lowest BCUT2D eigenvalue weighted by Crippen LogP contribution is -2.41. The SMILES string of the molecule is CC1(C)OB(C2=CCN(CCO)C=C2)OC1(C)C. The van der Waals surface area contributed by atoms with E-state index in [1.165, 1.54) is 0 Å². The number of hydrogen-bond donors (Lipinski definition) is 1. The number of allylic oxidation sites excluding steroid dienone is 2. The molecule has 1 N–H and O–H groups in total. The van der Waals surface area contributed by atoms with E-state index in [0.717, 1.165) is 12.0 Å². The van der Waals surface area contributed by atoms with Gasteiger partial charge in [0.2, 0.25) is 0 Å². The summed E-state index contributed by atoms with van der Waals surface area (Å²) in [5.41, 5.74) is 0.464. The van der Waals surface area contributed by atoms with Gasteiger partial charge in [0.25, 0.3) is 0 Å². The second-order valence-electron chi connectivity index (χ2n) is 5.83. The Hall–Kier alpha value is -0.775. The normalized spacial score (nSPS) is 25.5. The first-order chi connectivity index (χ1) is 8.36. The summed E-state index contributed by atoms with van der Waals surface area (Å²) in [5, 5.41) is 8.89. The molecule has 0 saturated carbocycles. The van der Waals surface area contributed by atoms with Crippen molar-refractivity contribution in [3.05, 3.63) is 23.8 Å². The maximum absolute atomic E-state index is 8.89. The summed E-state index contributed by atoms with van der Waals surface area (Å²) in [6.45, 7) is 9.83. The number of hydrogen-bond acceptors (Lipinski definition) is 4. The van der Waals surface area contributed by atoms with Crippen LogP contribution in [-0.4, -0.2) is 48.0 Å². The van der Waals surface area contributed by atoms with Gasteiger partial charge < -0.3 is 19.3 Å². The van der Waals surface area contributed by atoms with Crippen molar-refractivity contribution < 1.29 is 14.4 Å². The third-order valence-corrected chi connectivity index (χ3v) is 3.95. The van der Waals surface area contributed by atoms with E-state index in [9.17, 15) is 0 Å². The molecule has 1 fully saturated rings. The molecule has 0 aromatic carbocycles. The fraction of sp³-hybridized carbons (Fsp3) is 0.692. The maximum atomic E-state index is 8.89. The Balaban J connectivity index is 2.02. The zero-order chi connectivity index (χ0) is 13.4. The lowest BCUT2D eigenvalue weighted by molar-refractivity contribution is 0.00578. The zero-order valence-corrected chi connectivity index (χ0v) is 11.6. The molecular formula is C13H22BNO3. The van der Waals surface area contributed by atoms with Crippen LogP contribution >= 0.6 is 0 Å². The number of aliphatic hydroxyl groups is 1. The molecule has 2 rings (SSSR count). The van der Waals surface area contributed by atoms with E-state index in [-0.39, 0.29) is 24.9 Å².